The molecular weight excluding hydrogens is 433 g/mol. The number of hydrogen-bond acceptors (Lipinski definition) is 4. The van der Waals surface area contributed by atoms with Crippen LogP contribution in [0.15, 0.2) is 42.2 Å². The number of halogens is 2. The zero-order chi connectivity index (χ0) is 23.1. The highest BCUT2D eigenvalue weighted by Gasteiger charge is 2.51. The third-order valence-corrected chi connectivity index (χ3v) is 7.19. The molecule has 1 spiro atoms. The molecule has 2 N–H and O–H groups in total. The van der Waals surface area contributed by atoms with Gasteiger partial charge in [0.25, 0.3) is 5.91 Å². The van der Waals surface area contributed by atoms with E-state index < -0.39 is 17.0 Å². The molecule has 2 aromatic rings. The van der Waals surface area contributed by atoms with E-state index in [-0.39, 0.29) is 22.3 Å². The van der Waals surface area contributed by atoms with Gasteiger partial charge in [0.1, 0.15) is 11.6 Å². The van der Waals surface area contributed by atoms with Crippen molar-refractivity contribution in [1.29, 1.82) is 0 Å². The third-order valence-electron chi connectivity index (χ3n) is 6.88. The molecule has 170 valence electrons. The number of carbonyl (C=O) groups is 1. The number of nitrogens with one attached hydrogen (secondary N) is 1. The van der Waals surface area contributed by atoms with Crippen molar-refractivity contribution in [1.82, 2.24) is 5.32 Å². The van der Waals surface area contributed by atoms with Gasteiger partial charge >= 0.3 is 0 Å². The van der Waals surface area contributed by atoms with Crippen molar-refractivity contribution in [2.24, 2.45) is 0 Å². The molecule has 1 saturated carbocycles. The number of hydrogen-bond donors (Lipinski definition) is 2. The van der Waals surface area contributed by atoms with Crippen LogP contribution in [0.5, 0.6) is 0 Å². The van der Waals surface area contributed by atoms with Crippen LogP contribution in [0, 0.1) is 12.7 Å². The van der Waals surface area contributed by atoms with Crippen molar-refractivity contribution < 1.29 is 23.8 Å². The zero-order valence-corrected chi connectivity index (χ0v) is 19.2. The van der Waals surface area contributed by atoms with Crippen molar-refractivity contribution in [3.63, 3.8) is 0 Å². The summed E-state index contributed by atoms with van der Waals surface area (Å²) < 4.78 is 25.0. The van der Waals surface area contributed by atoms with Crippen molar-refractivity contribution >= 4 is 23.1 Å². The van der Waals surface area contributed by atoms with Crippen LogP contribution in [0.4, 0.5) is 4.39 Å². The monoisotopic (exact) mass is 459 g/mol. The van der Waals surface area contributed by atoms with Gasteiger partial charge in [0.15, 0.2) is 0 Å². The fourth-order valence-electron chi connectivity index (χ4n) is 4.85. The van der Waals surface area contributed by atoms with E-state index in [1.54, 1.807) is 20.3 Å². The van der Waals surface area contributed by atoms with Crippen LogP contribution in [0.25, 0.3) is 16.7 Å². The minimum Gasteiger partial charge on any atom is -0.509 e. The molecule has 0 aromatic heterocycles. The average molecular weight is 460 g/mol. The molecule has 7 heteroatoms. The highest BCUT2D eigenvalue weighted by atomic mass is 35.5. The Morgan fingerprint density at radius 2 is 1.75 bits per heavy atom. The lowest BCUT2D eigenvalue weighted by atomic mass is 9.73. The second-order valence-corrected chi connectivity index (χ2v) is 9.15. The van der Waals surface area contributed by atoms with Crippen molar-refractivity contribution in [3.05, 3.63) is 64.1 Å². The molecule has 2 aromatic carbocycles. The summed E-state index contributed by atoms with van der Waals surface area (Å²) in [5.41, 5.74) is 1.90. The van der Waals surface area contributed by atoms with Crippen LogP contribution in [0.1, 0.15) is 36.8 Å². The van der Waals surface area contributed by atoms with Gasteiger partial charge in [-0.15, -0.1) is 0 Å². The quantitative estimate of drug-likeness (QED) is 0.645. The molecule has 0 saturated heterocycles. The van der Waals surface area contributed by atoms with Crippen LogP contribution in [-0.4, -0.2) is 43.0 Å². The first kappa shape index (κ1) is 22.8. The Morgan fingerprint density at radius 1 is 1.09 bits per heavy atom. The van der Waals surface area contributed by atoms with Crippen LogP contribution in [0.3, 0.4) is 0 Å². The molecule has 1 heterocycles. The number of aryl methyl sites for hydroxylation is 1. The Kier molecular flexibility index (Phi) is 6.05. The maximum absolute atomic E-state index is 14.0. The van der Waals surface area contributed by atoms with E-state index in [0.717, 1.165) is 11.1 Å². The van der Waals surface area contributed by atoms with Crippen LogP contribution < -0.4 is 5.32 Å². The summed E-state index contributed by atoms with van der Waals surface area (Å²) in [4.78, 5) is 13.1. The second-order valence-electron chi connectivity index (χ2n) is 8.74. The molecule has 1 amide bonds. The van der Waals surface area contributed by atoms with E-state index in [4.69, 9.17) is 21.1 Å². The number of amides is 1. The minimum absolute atomic E-state index is 0.0523. The first-order chi connectivity index (χ1) is 15.2. The Balaban J connectivity index is 1.71. The number of aliphatic hydroxyl groups is 1. The van der Waals surface area contributed by atoms with Gasteiger partial charge in [-0.25, -0.2) is 4.39 Å². The van der Waals surface area contributed by atoms with Crippen molar-refractivity contribution in [3.8, 4) is 11.1 Å². The Labute approximate surface area is 192 Å². The summed E-state index contributed by atoms with van der Waals surface area (Å²) >= 11 is 5.81. The average Bonchev–Trinajstić information content (AvgIpc) is 3.02. The second kappa shape index (κ2) is 8.50. The lowest BCUT2D eigenvalue weighted by Crippen LogP contribution is -2.53. The lowest BCUT2D eigenvalue weighted by Gasteiger charge is -2.43. The predicted molar refractivity (Wildman–Crippen MR) is 122 cm³/mol. The molecule has 1 aliphatic carbocycles. The number of carbonyl (C=O) groups excluding carboxylic acids is 1. The topological polar surface area (TPSA) is 67.8 Å². The SMILES string of the molecule is COC[C@]1(OC)CC[C@]2(CC1)NC(=O)C(c1cc(-c3ccc(Cl)c(F)c3)ccc1C)=C2O. The minimum atomic E-state index is -0.809. The molecule has 1 aliphatic heterocycles. The van der Waals surface area contributed by atoms with E-state index in [2.05, 4.69) is 5.32 Å². The largest absolute Gasteiger partial charge is 0.509 e. The standard InChI is InChI=1S/C25H27ClFNO4/c1-15-4-5-16(17-6-7-19(26)20(27)13-17)12-18(15)21-22(29)25(28-23(21)30)10-8-24(32-3,9-11-25)14-31-2/h4-7,12-13,29H,8-11,14H2,1-3H3,(H,28,30)/t24-,25+. The third kappa shape index (κ3) is 3.81. The summed E-state index contributed by atoms with van der Waals surface area (Å²) in [5.74, 6) is -0.750. The summed E-state index contributed by atoms with van der Waals surface area (Å²) in [6, 6.07) is 10.1. The number of aliphatic hydroxyl groups excluding tert-OH is 1. The fraction of sp³-hybridized carbons (Fsp3) is 0.400. The van der Waals surface area contributed by atoms with Gasteiger partial charge in [0, 0.05) is 14.2 Å². The molecule has 1 fully saturated rings. The molecule has 32 heavy (non-hydrogen) atoms. The van der Waals surface area contributed by atoms with E-state index in [1.165, 1.54) is 12.1 Å². The van der Waals surface area contributed by atoms with Gasteiger partial charge < -0.3 is 19.9 Å². The number of benzene rings is 2. The summed E-state index contributed by atoms with van der Waals surface area (Å²) in [6.07, 6.45) is 2.40. The first-order valence-corrected chi connectivity index (χ1v) is 11.0. The Bertz CT molecular complexity index is 1090. The molecule has 4 rings (SSSR count). The highest BCUT2D eigenvalue weighted by molar-refractivity contribution is 6.30. The van der Waals surface area contributed by atoms with Gasteiger partial charge in [0.2, 0.25) is 0 Å². The van der Waals surface area contributed by atoms with Crippen molar-refractivity contribution in [2.75, 3.05) is 20.8 Å². The zero-order valence-electron chi connectivity index (χ0n) is 18.4. The van der Waals surface area contributed by atoms with Gasteiger partial charge in [-0.05, 0) is 73.1 Å². The van der Waals surface area contributed by atoms with E-state index in [9.17, 15) is 14.3 Å². The number of rotatable bonds is 5. The first-order valence-electron chi connectivity index (χ1n) is 10.6. The Morgan fingerprint density at radius 3 is 2.38 bits per heavy atom. The van der Waals surface area contributed by atoms with Crippen LogP contribution >= 0.6 is 11.6 Å². The Hall–Kier alpha value is -2.41. The predicted octanol–water partition coefficient (Wildman–Crippen LogP) is 5.20. The lowest BCUT2D eigenvalue weighted by molar-refractivity contribution is -0.119. The van der Waals surface area contributed by atoms with Gasteiger partial charge in [-0.2, -0.15) is 0 Å². The smallest absolute Gasteiger partial charge is 0.256 e. The van der Waals surface area contributed by atoms with Gasteiger partial charge in [-0.3, -0.25) is 4.79 Å². The number of methoxy groups -OCH3 is 2. The molecule has 0 atom stereocenters. The molecule has 2 aliphatic rings. The fourth-order valence-corrected chi connectivity index (χ4v) is 4.96. The summed E-state index contributed by atoms with van der Waals surface area (Å²) in [6.45, 7) is 2.35. The number of ether oxygens (including phenoxy) is 2. The highest BCUT2D eigenvalue weighted by Crippen LogP contribution is 2.46. The summed E-state index contributed by atoms with van der Waals surface area (Å²) in [5, 5.41) is 14.4. The molecular formula is C25H27ClFNO4. The molecule has 5 nitrogen and oxygen atoms in total. The summed E-state index contributed by atoms with van der Waals surface area (Å²) in [7, 11) is 3.31. The molecule has 0 radical (unpaired) electrons. The van der Waals surface area contributed by atoms with Crippen molar-refractivity contribution in [2.45, 2.75) is 43.7 Å². The van der Waals surface area contributed by atoms with Crippen LogP contribution in [0.2, 0.25) is 5.02 Å². The van der Waals surface area contributed by atoms with E-state index in [0.29, 0.717) is 43.4 Å². The molecule has 0 bridgehead atoms. The van der Waals surface area contributed by atoms with Gasteiger partial charge in [0.05, 0.1) is 28.3 Å². The van der Waals surface area contributed by atoms with E-state index >= 15 is 0 Å². The van der Waals surface area contributed by atoms with Crippen LogP contribution in [-0.2, 0) is 14.3 Å². The van der Waals surface area contributed by atoms with E-state index in [1.807, 2.05) is 25.1 Å². The maximum Gasteiger partial charge on any atom is 0.256 e. The maximum atomic E-state index is 14.0. The molecule has 0 unspecified atom stereocenters. The normalized spacial score (nSPS) is 25.5. The van der Waals surface area contributed by atoms with Gasteiger partial charge in [-0.1, -0.05) is 29.8 Å².